The van der Waals surface area contributed by atoms with Gasteiger partial charge in [0.1, 0.15) is 0 Å². The third kappa shape index (κ3) is 4.45. The molecule has 1 N–H and O–H groups in total. The van der Waals surface area contributed by atoms with Crippen LogP contribution in [0.1, 0.15) is 65.6 Å². The molecule has 150 valence electrons. The Morgan fingerprint density at radius 2 is 1.93 bits per heavy atom. The third-order valence-electron chi connectivity index (χ3n) is 5.89. The molecule has 0 aliphatic carbocycles. The molecule has 1 aliphatic rings. The number of para-hydroxylation sites is 1. The van der Waals surface area contributed by atoms with Gasteiger partial charge in [0.15, 0.2) is 0 Å². The van der Waals surface area contributed by atoms with Gasteiger partial charge in [-0.25, -0.2) is 0 Å². The molecule has 1 atom stereocenters. The summed E-state index contributed by atoms with van der Waals surface area (Å²) in [6, 6.07) is 6.56. The van der Waals surface area contributed by atoms with Gasteiger partial charge in [0.05, 0.1) is 5.52 Å². The Morgan fingerprint density at radius 3 is 2.64 bits per heavy atom. The standard InChI is InChI=1S/C25H35N3/c1-7-18-10-8-11-19(14-15-26-17-18)25(5,6)16-22-20-12-9-13-21(24(2,3)4)23(20)28-27-22/h8-13,17-18H,7,14-16H2,1-6H3,(H,27,28)/b10-8-,19-11+,26-17?. The lowest BCUT2D eigenvalue weighted by Crippen LogP contribution is -2.19. The zero-order chi connectivity index (χ0) is 20.4. The summed E-state index contributed by atoms with van der Waals surface area (Å²) < 4.78 is 0. The van der Waals surface area contributed by atoms with Crippen LogP contribution in [0.15, 0.2) is 47.0 Å². The van der Waals surface area contributed by atoms with Crippen LogP contribution in [0.3, 0.4) is 0 Å². The Labute approximate surface area is 170 Å². The molecule has 3 rings (SSSR count). The van der Waals surface area contributed by atoms with Crippen molar-refractivity contribution in [3.63, 3.8) is 0 Å². The number of allylic oxidation sites excluding steroid dienone is 3. The summed E-state index contributed by atoms with van der Waals surface area (Å²) in [5.74, 6) is 0.450. The van der Waals surface area contributed by atoms with Crippen molar-refractivity contribution in [1.29, 1.82) is 0 Å². The molecule has 0 saturated carbocycles. The van der Waals surface area contributed by atoms with Crippen molar-refractivity contribution in [3.8, 4) is 0 Å². The van der Waals surface area contributed by atoms with E-state index in [4.69, 9.17) is 5.10 Å². The predicted octanol–water partition coefficient (Wildman–Crippen LogP) is 6.41. The lowest BCUT2D eigenvalue weighted by molar-refractivity contribution is 0.424. The Balaban J connectivity index is 1.91. The van der Waals surface area contributed by atoms with Crippen LogP contribution in [0, 0.1) is 11.3 Å². The first-order valence-electron chi connectivity index (χ1n) is 10.6. The maximum absolute atomic E-state index is 4.70. The number of benzene rings is 1. The zero-order valence-corrected chi connectivity index (χ0v) is 18.3. The van der Waals surface area contributed by atoms with Crippen molar-refractivity contribution in [1.82, 2.24) is 10.2 Å². The van der Waals surface area contributed by atoms with Gasteiger partial charge in [-0.15, -0.1) is 0 Å². The molecule has 0 radical (unpaired) electrons. The average Bonchev–Trinajstić information content (AvgIpc) is 3.07. The molecule has 0 amide bonds. The van der Waals surface area contributed by atoms with Gasteiger partial charge in [-0.05, 0) is 35.7 Å². The number of aromatic nitrogens is 2. The van der Waals surface area contributed by atoms with E-state index in [1.54, 1.807) is 0 Å². The van der Waals surface area contributed by atoms with Gasteiger partial charge in [0, 0.05) is 29.8 Å². The SMILES string of the molecule is CCC1C=NCC/C(C(C)(C)Cc2[nH]nc3c(C(C)(C)C)cccc23)=C\C=C/1. The van der Waals surface area contributed by atoms with Crippen LogP contribution >= 0.6 is 0 Å². The molecular weight excluding hydrogens is 342 g/mol. The largest absolute Gasteiger partial charge is 0.297 e. The van der Waals surface area contributed by atoms with Gasteiger partial charge in [-0.2, -0.15) is 5.10 Å². The van der Waals surface area contributed by atoms with Crippen LogP contribution in [-0.2, 0) is 11.8 Å². The monoisotopic (exact) mass is 377 g/mol. The third-order valence-corrected chi connectivity index (χ3v) is 5.89. The summed E-state index contributed by atoms with van der Waals surface area (Å²) in [5.41, 5.74) is 5.22. The quantitative estimate of drug-likeness (QED) is 0.657. The molecule has 0 saturated heterocycles. The first-order valence-corrected chi connectivity index (χ1v) is 10.6. The summed E-state index contributed by atoms with van der Waals surface area (Å²) in [7, 11) is 0. The van der Waals surface area contributed by atoms with E-state index in [-0.39, 0.29) is 10.8 Å². The van der Waals surface area contributed by atoms with Crippen LogP contribution in [-0.4, -0.2) is 23.0 Å². The number of nitrogens with zero attached hydrogens (tertiary/aromatic N) is 2. The summed E-state index contributed by atoms with van der Waals surface area (Å²) in [6.45, 7) is 14.5. The van der Waals surface area contributed by atoms with Crippen molar-refractivity contribution in [3.05, 3.63) is 53.3 Å². The molecule has 3 heteroatoms. The summed E-state index contributed by atoms with van der Waals surface area (Å²) >= 11 is 0. The number of aliphatic imine (C=N–C) groups is 1. The molecule has 1 aromatic heterocycles. The van der Waals surface area contributed by atoms with E-state index in [0.717, 1.165) is 31.3 Å². The Bertz CT molecular complexity index is 904. The van der Waals surface area contributed by atoms with Gasteiger partial charge in [-0.1, -0.05) is 83.5 Å². The van der Waals surface area contributed by atoms with Crippen LogP contribution < -0.4 is 0 Å². The van der Waals surface area contributed by atoms with Crippen LogP contribution in [0.4, 0.5) is 0 Å². The van der Waals surface area contributed by atoms with E-state index in [9.17, 15) is 0 Å². The normalized spacial score (nSPS) is 21.6. The Kier molecular flexibility index (Phi) is 5.92. The fourth-order valence-corrected chi connectivity index (χ4v) is 4.03. The van der Waals surface area contributed by atoms with E-state index < -0.39 is 0 Å². The van der Waals surface area contributed by atoms with Gasteiger partial charge in [0.25, 0.3) is 0 Å². The number of aromatic amines is 1. The molecule has 0 fully saturated rings. The highest BCUT2D eigenvalue weighted by molar-refractivity contribution is 5.85. The second-order valence-corrected chi connectivity index (χ2v) is 9.67. The number of hydrogen-bond donors (Lipinski definition) is 1. The van der Waals surface area contributed by atoms with Crippen molar-refractivity contribution >= 4 is 17.1 Å². The molecule has 3 nitrogen and oxygen atoms in total. The number of hydrogen-bond acceptors (Lipinski definition) is 2. The molecule has 1 aromatic carbocycles. The molecule has 0 bridgehead atoms. The van der Waals surface area contributed by atoms with Gasteiger partial charge < -0.3 is 0 Å². The number of rotatable bonds is 4. The molecule has 1 unspecified atom stereocenters. The van der Waals surface area contributed by atoms with Gasteiger partial charge in [-0.3, -0.25) is 10.1 Å². The second kappa shape index (κ2) is 8.06. The van der Waals surface area contributed by atoms with E-state index in [1.807, 2.05) is 0 Å². The van der Waals surface area contributed by atoms with Crippen molar-refractivity contribution < 1.29 is 0 Å². The topological polar surface area (TPSA) is 41.0 Å². The first-order chi connectivity index (χ1) is 13.2. The highest BCUT2D eigenvalue weighted by Crippen LogP contribution is 2.36. The number of fused-ring (bicyclic) bond motifs is 1. The maximum atomic E-state index is 4.70. The Morgan fingerprint density at radius 1 is 1.14 bits per heavy atom. The lowest BCUT2D eigenvalue weighted by Gasteiger charge is -2.28. The maximum Gasteiger partial charge on any atom is 0.0960 e. The van der Waals surface area contributed by atoms with Gasteiger partial charge in [0.2, 0.25) is 0 Å². The fourth-order valence-electron chi connectivity index (χ4n) is 4.03. The molecule has 2 aromatic rings. The van der Waals surface area contributed by atoms with Crippen molar-refractivity contribution in [2.75, 3.05) is 6.54 Å². The second-order valence-electron chi connectivity index (χ2n) is 9.67. The smallest absolute Gasteiger partial charge is 0.0960 e. The van der Waals surface area contributed by atoms with Crippen LogP contribution in [0.2, 0.25) is 0 Å². The first kappa shape index (κ1) is 20.6. The zero-order valence-electron chi connectivity index (χ0n) is 18.3. The number of nitrogens with one attached hydrogen (secondary N) is 1. The van der Waals surface area contributed by atoms with Crippen molar-refractivity contribution in [2.45, 2.75) is 66.2 Å². The lowest BCUT2D eigenvalue weighted by atomic mass is 9.77. The summed E-state index contributed by atoms with van der Waals surface area (Å²) in [5, 5.41) is 9.31. The van der Waals surface area contributed by atoms with Gasteiger partial charge >= 0.3 is 0 Å². The minimum Gasteiger partial charge on any atom is -0.297 e. The molecule has 28 heavy (non-hydrogen) atoms. The van der Waals surface area contributed by atoms with E-state index in [2.05, 4.69) is 94.3 Å². The molecule has 2 heterocycles. The minimum absolute atomic E-state index is 0.0448. The van der Waals surface area contributed by atoms with Crippen LogP contribution in [0.5, 0.6) is 0 Å². The molecular formula is C25H35N3. The fraction of sp³-hybridized carbons (Fsp3) is 0.520. The molecule has 0 spiro atoms. The summed E-state index contributed by atoms with van der Waals surface area (Å²) in [6.07, 6.45) is 12.0. The van der Waals surface area contributed by atoms with E-state index in [0.29, 0.717) is 5.92 Å². The predicted molar refractivity (Wildman–Crippen MR) is 121 cm³/mol. The highest BCUT2D eigenvalue weighted by atomic mass is 15.1. The van der Waals surface area contributed by atoms with E-state index >= 15 is 0 Å². The molecule has 1 aliphatic heterocycles. The summed E-state index contributed by atoms with van der Waals surface area (Å²) in [4.78, 5) is 4.66. The van der Waals surface area contributed by atoms with E-state index in [1.165, 1.54) is 22.2 Å². The minimum atomic E-state index is 0.0448. The number of H-pyrrole nitrogens is 1. The highest BCUT2D eigenvalue weighted by Gasteiger charge is 2.26. The van der Waals surface area contributed by atoms with Crippen molar-refractivity contribution in [2.24, 2.45) is 16.3 Å². The van der Waals surface area contributed by atoms with Crippen LogP contribution in [0.25, 0.3) is 10.9 Å². The average molecular weight is 378 g/mol. The Hall–Kier alpha value is -2.16.